The summed E-state index contributed by atoms with van der Waals surface area (Å²) in [5, 5.41) is 12.2. The molecule has 4 rings (SSSR count). The molecule has 2 aromatic carbocycles. The van der Waals surface area contributed by atoms with Crippen molar-refractivity contribution in [3.05, 3.63) is 59.7 Å². The van der Waals surface area contributed by atoms with Gasteiger partial charge < -0.3 is 24.8 Å². The Morgan fingerprint density at radius 3 is 2.23 bits per heavy atom. The summed E-state index contributed by atoms with van der Waals surface area (Å²) in [4.78, 5) is 38.6. The molecule has 8 nitrogen and oxygen atoms in total. The molecule has 2 atom stereocenters. The smallest absolute Gasteiger partial charge is 0.410 e. The molecule has 1 heterocycles. The maximum Gasteiger partial charge on any atom is 0.410 e. The van der Waals surface area contributed by atoms with Gasteiger partial charge in [0.2, 0.25) is 0 Å². The van der Waals surface area contributed by atoms with Crippen LogP contribution in [-0.4, -0.2) is 59.0 Å². The van der Waals surface area contributed by atoms with E-state index in [1.54, 1.807) is 25.7 Å². The van der Waals surface area contributed by atoms with Gasteiger partial charge in [-0.3, -0.25) is 0 Å². The summed E-state index contributed by atoms with van der Waals surface area (Å²) in [6, 6.07) is 14.5. The van der Waals surface area contributed by atoms with Crippen LogP contribution in [0, 0.1) is 0 Å². The highest BCUT2D eigenvalue weighted by Gasteiger charge is 2.36. The van der Waals surface area contributed by atoms with Crippen LogP contribution in [0.2, 0.25) is 0 Å². The molecule has 35 heavy (non-hydrogen) atoms. The van der Waals surface area contributed by atoms with E-state index in [2.05, 4.69) is 5.32 Å². The van der Waals surface area contributed by atoms with Crippen molar-refractivity contribution >= 4 is 18.2 Å². The largest absolute Gasteiger partial charge is 0.480 e. The number of amides is 2. The van der Waals surface area contributed by atoms with Crippen LogP contribution in [0.5, 0.6) is 0 Å². The van der Waals surface area contributed by atoms with E-state index in [1.807, 2.05) is 48.5 Å². The van der Waals surface area contributed by atoms with E-state index in [-0.39, 0.29) is 25.0 Å². The van der Waals surface area contributed by atoms with Crippen LogP contribution in [0.25, 0.3) is 11.1 Å². The Bertz CT molecular complexity index is 1060. The van der Waals surface area contributed by atoms with Gasteiger partial charge in [0.1, 0.15) is 18.2 Å². The Morgan fingerprint density at radius 2 is 1.66 bits per heavy atom. The number of ether oxygens (including phenoxy) is 2. The Balaban J connectivity index is 1.38. The fraction of sp³-hybridized carbons (Fsp3) is 0.444. The summed E-state index contributed by atoms with van der Waals surface area (Å²) in [6.45, 7) is 5.95. The normalized spacial score (nSPS) is 17.9. The van der Waals surface area contributed by atoms with E-state index in [1.165, 1.54) is 0 Å². The fourth-order valence-corrected chi connectivity index (χ4v) is 4.92. The highest BCUT2D eigenvalue weighted by Crippen LogP contribution is 2.44. The second-order valence-corrected chi connectivity index (χ2v) is 10.1. The lowest BCUT2D eigenvalue weighted by atomic mass is 9.98. The molecule has 2 amide bonds. The van der Waals surface area contributed by atoms with Crippen LogP contribution < -0.4 is 5.32 Å². The van der Waals surface area contributed by atoms with Crippen LogP contribution in [0.4, 0.5) is 9.59 Å². The number of carboxylic acid groups (broad SMARTS) is 1. The number of carboxylic acids is 1. The van der Waals surface area contributed by atoms with E-state index in [0.717, 1.165) is 28.7 Å². The van der Waals surface area contributed by atoms with Gasteiger partial charge in [-0.05, 0) is 62.3 Å². The Morgan fingerprint density at radius 1 is 1.06 bits per heavy atom. The molecular formula is C27H32N2O6. The summed E-state index contributed by atoms with van der Waals surface area (Å²) in [5.74, 6) is -1.29. The van der Waals surface area contributed by atoms with Crippen LogP contribution in [-0.2, 0) is 14.3 Å². The van der Waals surface area contributed by atoms with Crippen molar-refractivity contribution in [1.82, 2.24) is 10.2 Å². The summed E-state index contributed by atoms with van der Waals surface area (Å²) in [6.07, 6.45) is 0.224. The number of rotatable bonds is 6. The molecule has 8 heteroatoms. The molecule has 0 aromatic heterocycles. The maximum atomic E-state index is 12.6. The fourth-order valence-electron chi connectivity index (χ4n) is 4.92. The van der Waals surface area contributed by atoms with Gasteiger partial charge in [0.15, 0.2) is 0 Å². The van der Waals surface area contributed by atoms with Crippen molar-refractivity contribution in [3.63, 3.8) is 0 Å². The molecule has 186 valence electrons. The monoisotopic (exact) mass is 480 g/mol. The third-order valence-electron chi connectivity index (χ3n) is 6.45. The van der Waals surface area contributed by atoms with Crippen LogP contribution in [0.3, 0.4) is 0 Å². The number of alkyl carbamates (subject to hydrolysis) is 1. The summed E-state index contributed by atoms with van der Waals surface area (Å²) < 4.78 is 11.0. The highest BCUT2D eigenvalue weighted by molar-refractivity contribution is 5.81. The number of fused-ring (bicyclic) bond motifs is 3. The van der Waals surface area contributed by atoms with Crippen molar-refractivity contribution in [1.29, 1.82) is 0 Å². The number of nitrogens with zero attached hydrogens (tertiary/aromatic N) is 1. The third kappa shape index (κ3) is 5.58. The van der Waals surface area contributed by atoms with Crippen molar-refractivity contribution in [2.45, 2.75) is 63.6 Å². The van der Waals surface area contributed by atoms with Crippen LogP contribution in [0.15, 0.2) is 48.5 Å². The second-order valence-electron chi connectivity index (χ2n) is 10.1. The van der Waals surface area contributed by atoms with Crippen molar-refractivity contribution in [2.75, 3.05) is 13.2 Å². The first kappa shape index (κ1) is 24.6. The van der Waals surface area contributed by atoms with E-state index >= 15 is 0 Å². The first-order valence-electron chi connectivity index (χ1n) is 12.0. The first-order chi connectivity index (χ1) is 16.6. The second kappa shape index (κ2) is 9.98. The zero-order valence-electron chi connectivity index (χ0n) is 20.3. The Kier molecular flexibility index (Phi) is 7.00. The predicted octanol–water partition coefficient (Wildman–Crippen LogP) is 4.77. The van der Waals surface area contributed by atoms with Gasteiger partial charge in [0.05, 0.1) is 0 Å². The first-order valence-corrected chi connectivity index (χ1v) is 12.0. The Hall–Kier alpha value is -3.55. The molecule has 2 aromatic rings. The van der Waals surface area contributed by atoms with Gasteiger partial charge in [-0.15, -0.1) is 0 Å². The lowest BCUT2D eigenvalue weighted by molar-refractivity contribution is -0.139. The molecule has 2 N–H and O–H groups in total. The zero-order chi connectivity index (χ0) is 25.2. The average Bonchev–Trinajstić information content (AvgIpc) is 3.39. The number of likely N-dealkylation sites (tertiary alicyclic amines) is 1. The van der Waals surface area contributed by atoms with Crippen molar-refractivity contribution < 1.29 is 29.0 Å². The van der Waals surface area contributed by atoms with Crippen LogP contribution in [0.1, 0.15) is 57.1 Å². The number of carbonyl (C=O) groups is 3. The molecule has 1 aliphatic heterocycles. The predicted molar refractivity (Wildman–Crippen MR) is 130 cm³/mol. The van der Waals surface area contributed by atoms with Gasteiger partial charge in [0.25, 0.3) is 0 Å². The van der Waals surface area contributed by atoms with E-state index in [0.29, 0.717) is 13.0 Å². The summed E-state index contributed by atoms with van der Waals surface area (Å²) in [5.41, 5.74) is 3.74. The molecular weight excluding hydrogens is 448 g/mol. The lowest BCUT2D eigenvalue weighted by Gasteiger charge is -2.30. The maximum absolute atomic E-state index is 12.6. The SMILES string of the molecule is CC(C)(C)OC(=O)N1CCCC1CC(NC(=O)OCC1c2ccccc2-c2ccccc21)C(=O)O. The molecule has 0 radical (unpaired) electrons. The standard InChI is InChI=1S/C27H32N2O6/c1-27(2,3)35-26(33)29-14-8-9-17(29)15-23(24(30)31)28-25(32)34-16-22-20-12-6-4-10-18(20)19-11-5-7-13-21(19)22/h4-7,10-13,17,22-23H,8-9,14-16H2,1-3H3,(H,28,32)(H,30,31). The summed E-state index contributed by atoms with van der Waals surface area (Å²) in [7, 11) is 0. The number of aliphatic carboxylic acids is 1. The number of benzene rings is 2. The number of hydrogen-bond donors (Lipinski definition) is 2. The van der Waals surface area contributed by atoms with E-state index in [4.69, 9.17) is 9.47 Å². The van der Waals surface area contributed by atoms with Crippen molar-refractivity contribution in [2.24, 2.45) is 0 Å². The van der Waals surface area contributed by atoms with E-state index in [9.17, 15) is 19.5 Å². The average molecular weight is 481 g/mol. The molecule has 1 saturated heterocycles. The van der Waals surface area contributed by atoms with Crippen molar-refractivity contribution in [3.8, 4) is 11.1 Å². The summed E-state index contributed by atoms with van der Waals surface area (Å²) >= 11 is 0. The number of hydrogen-bond acceptors (Lipinski definition) is 5. The van der Waals surface area contributed by atoms with Gasteiger partial charge in [-0.25, -0.2) is 14.4 Å². The van der Waals surface area contributed by atoms with Gasteiger partial charge >= 0.3 is 18.2 Å². The van der Waals surface area contributed by atoms with Gasteiger partial charge in [-0.1, -0.05) is 48.5 Å². The molecule has 1 fully saturated rings. The van der Waals surface area contributed by atoms with Gasteiger partial charge in [0, 0.05) is 18.5 Å². The molecule has 0 saturated carbocycles. The Labute approximate surface area is 205 Å². The molecule has 2 unspecified atom stereocenters. The van der Waals surface area contributed by atoms with Gasteiger partial charge in [-0.2, -0.15) is 0 Å². The third-order valence-corrected chi connectivity index (χ3v) is 6.45. The topological polar surface area (TPSA) is 105 Å². The molecule has 1 aliphatic carbocycles. The quantitative estimate of drug-likeness (QED) is 0.617. The molecule has 0 spiro atoms. The molecule has 2 aliphatic rings. The van der Waals surface area contributed by atoms with Crippen LogP contribution >= 0.6 is 0 Å². The minimum absolute atomic E-state index is 0.0821. The lowest BCUT2D eigenvalue weighted by Crippen LogP contribution is -2.47. The minimum atomic E-state index is -1.18. The van der Waals surface area contributed by atoms with E-state index < -0.39 is 29.8 Å². The molecule has 0 bridgehead atoms. The minimum Gasteiger partial charge on any atom is -0.480 e. The number of nitrogens with one attached hydrogen (secondary N) is 1. The highest BCUT2D eigenvalue weighted by atomic mass is 16.6. The number of carbonyl (C=O) groups excluding carboxylic acids is 2. The zero-order valence-corrected chi connectivity index (χ0v) is 20.3.